The van der Waals surface area contributed by atoms with Crippen LogP contribution in [-0.4, -0.2) is 30.1 Å². The molecule has 4 bridgehead atoms. The van der Waals surface area contributed by atoms with Gasteiger partial charge in [-0.1, -0.05) is 17.7 Å². The lowest BCUT2D eigenvalue weighted by atomic mass is 9.53. The van der Waals surface area contributed by atoms with Gasteiger partial charge in [-0.25, -0.2) is 9.18 Å². The molecule has 29 heavy (non-hydrogen) atoms. The van der Waals surface area contributed by atoms with E-state index < -0.39 is 36.8 Å². The van der Waals surface area contributed by atoms with Crippen LogP contribution in [-0.2, 0) is 20.7 Å². The number of carbonyl (C=O) groups excluding carboxylic acids is 3. The van der Waals surface area contributed by atoms with Crippen molar-refractivity contribution in [1.29, 1.82) is 0 Å². The third-order valence-electron chi connectivity index (χ3n) is 6.42. The molecular weight excluding hydrogens is 399 g/mol. The van der Waals surface area contributed by atoms with Crippen molar-refractivity contribution < 1.29 is 23.5 Å². The lowest BCUT2D eigenvalue weighted by Crippen LogP contribution is -2.62. The van der Waals surface area contributed by atoms with Crippen LogP contribution in [0.25, 0.3) is 0 Å². The molecular formula is C21H24ClFN2O4. The second kappa shape index (κ2) is 7.94. The van der Waals surface area contributed by atoms with Crippen LogP contribution in [0.1, 0.15) is 44.1 Å². The van der Waals surface area contributed by atoms with Crippen LogP contribution in [0.15, 0.2) is 18.2 Å². The predicted octanol–water partition coefficient (Wildman–Crippen LogP) is 3.36. The number of amides is 3. The topological polar surface area (TPSA) is 84.5 Å². The summed E-state index contributed by atoms with van der Waals surface area (Å²) in [4.78, 5) is 36.2. The van der Waals surface area contributed by atoms with E-state index in [9.17, 15) is 18.8 Å². The van der Waals surface area contributed by atoms with E-state index in [-0.39, 0.29) is 16.1 Å². The van der Waals surface area contributed by atoms with Gasteiger partial charge < -0.3 is 10.1 Å². The van der Waals surface area contributed by atoms with Crippen LogP contribution in [0.5, 0.6) is 0 Å². The Morgan fingerprint density at radius 1 is 1.10 bits per heavy atom. The molecule has 0 spiro atoms. The molecule has 0 atom stereocenters. The van der Waals surface area contributed by atoms with Gasteiger partial charge in [0.05, 0.1) is 6.42 Å². The summed E-state index contributed by atoms with van der Waals surface area (Å²) in [7, 11) is 0. The monoisotopic (exact) mass is 422 g/mol. The Kier molecular flexibility index (Phi) is 5.51. The van der Waals surface area contributed by atoms with Gasteiger partial charge in [0, 0.05) is 16.1 Å². The van der Waals surface area contributed by atoms with Gasteiger partial charge in [0.1, 0.15) is 5.82 Å². The molecule has 1 aromatic rings. The van der Waals surface area contributed by atoms with Gasteiger partial charge in [0.15, 0.2) is 6.61 Å². The Labute approximate surface area is 173 Å². The quantitative estimate of drug-likeness (QED) is 0.712. The van der Waals surface area contributed by atoms with E-state index in [1.807, 2.05) is 0 Å². The number of rotatable bonds is 5. The van der Waals surface area contributed by atoms with E-state index >= 15 is 0 Å². The zero-order valence-corrected chi connectivity index (χ0v) is 16.8. The van der Waals surface area contributed by atoms with E-state index in [1.54, 1.807) is 0 Å². The molecule has 4 saturated carbocycles. The van der Waals surface area contributed by atoms with Crippen LogP contribution >= 0.6 is 11.6 Å². The normalized spacial score (nSPS) is 29.4. The van der Waals surface area contributed by atoms with Gasteiger partial charge in [-0.2, -0.15) is 0 Å². The van der Waals surface area contributed by atoms with Gasteiger partial charge in [0.25, 0.3) is 5.91 Å². The summed E-state index contributed by atoms with van der Waals surface area (Å²) in [5, 5.41) is 5.36. The molecule has 0 aromatic heterocycles. The predicted molar refractivity (Wildman–Crippen MR) is 104 cm³/mol. The Balaban J connectivity index is 1.24. The zero-order chi connectivity index (χ0) is 20.6. The molecule has 0 heterocycles. The van der Waals surface area contributed by atoms with Crippen molar-refractivity contribution >= 4 is 29.5 Å². The number of carbonyl (C=O) groups is 3. The van der Waals surface area contributed by atoms with Gasteiger partial charge in [0.2, 0.25) is 0 Å². The first kappa shape index (κ1) is 20.1. The van der Waals surface area contributed by atoms with E-state index in [1.165, 1.54) is 37.5 Å². The zero-order valence-electron chi connectivity index (χ0n) is 16.0. The molecule has 1 aromatic carbocycles. The fraction of sp³-hybridized carbons (Fsp3) is 0.571. The van der Waals surface area contributed by atoms with Crippen LogP contribution in [0, 0.1) is 23.6 Å². The highest BCUT2D eigenvalue weighted by Gasteiger charge is 2.51. The fourth-order valence-corrected chi connectivity index (χ4v) is 5.97. The fourth-order valence-electron chi connectivity index (χ4n) is 5.74. The number of nitrogens with one attached hydrogen (secondary N) is 2. The first-order valence-corrected chi connectivity index (χ1v) is 10.4. The number of esters is 1. The van der Waals surface area contributed by atoms with Crippen molar-refractivity contribution in [1.82, 2.24) is 10.6 Å². The molecule has 3 amide bonds. The molecule has 4 fully saturated rings. The first-order chi connectivity index (χ1) is 13.8. The molecule has 8 heteroatoms. The third kappa shape index (κ3) is 4.55. The minimum atomic E-state index is -0.798. The van der Waals surface area contributed by atoms with Crippen LogP contribution < -0.4 is 10.6 Å². The van der Waals surface area contributed by atoms with Crippen molar-refractivity contribution in [2.75, 3.05) is 6.61 Å². The SMILES string of the molecule is O=C(COC(=O)Cc1c(F)cccc1Cl)NC(=O)NC12CC3CC(CC(C3)C1)C2. The van der Waals surface area contributed by atoms with Crippen molar-refractivity contribution in [3.05, 3.63) is 34.6 Å². The number of halogens is 2. The maximum atomic E-state index is 13.7. The first-order valence-electron chi connectivity index (χ1n) is 10.0. The van der Waals surface area contributed by atoms with Crippen LogP contribution in [0.4, 0.5) is 9.18 Å². The highest BCUT2D eigenvalue weighted by atomic mass is 35.5. The van der Waals surface area contributed by atoms with Gasteiger partial charge in [-0.05, 0) is 68.4 Å². The molecule has 2 N–H and O–H groups in total. The summed E-state index contributed by atoms with van der Waals surface area (Å²) < 4.78 is 18.6. The average Bonchev–Trinajstić information content (AvgIpc) is 2.61. The molecule has 4 aliphatic carbocycles. The Bertz CT molecular complexity index is 788. The second-order valence-corrected chi connectivity index (χ2v) is 9.15. The third-order valence-corrected chi connectivity index (χ3v) is 6.77. The second-order valence-electron chi connectivity index (χ2n) is 8.74. The van der Waals surface area contributed by atoms with Crippen molar-refractivity contribution in [3.8, 4) is 0 Å². The number of hydrogen-bond donors (Lipinski definition) is 2. The summed E-state index contributed by atoms with van der Waals surface area (Å²) in [5.41, 5.74) is -0.198. The maximum Gasteiger partial charge on any atom is 0.321 e. The summed E-state index contributed by atoms with van der Waals surface area (Å²) in [5.74, 6) is -0.127. The van der Waals surface area contributed by atoms with E-state index in [2.05, 4.69) is 10.6 Å². The molecule has 6 nitrogen and oxygen atoms in total. The van der Waals surface area contributed by atoms with E-state index in [0.717, 1.165) is 19.3 Å². The van der Waals surface area contributed by atoms with Gasteiger partial charge >= 0.3 is 12.0 Å². The van der Waals surface area contributed by atoms with Crippen molar-refractivity contribution in [2.45, 2.75) is 50.5 Å². The molecule has 5 rings (SSSR count). The number of benzene rings is 1. The van der Waals surface area contributed by atoms with E-state index in [4.69, 9.17) is 16.3 Å². The van der Waals surface area contributed by atoms with Crippen molar-refractivity contribution in [3.63, 3.8) is 0 Å². The number of ether oxygens (including phenoxy) is 1. The average molecular weight is 423 g/mol. The van der Waals surface area contributed by atoms with Crippen LogP contribution in [0.2, 0.25) is 5.02 Å². The lowest BCUT2D eigenvalue weighted by Gasteiger charge is -2.56. The summed E-state index contributed by atoms with van der Waals surface area (Å²) in [6, 6.07) is 3.54. The largest absolute Gasteiger partial charge is 0.455 e. The molecule has 0 radical (unpaired) electrons. The number of urea groups is 1. The molecule has 4 aliphatic rings. The Morgan fingerprint density at radius 2 is 1.72 bits per heavy atom. The molecule has 0 saturated heterocycles. The highest BCUT2D eigenvalue weighted by Crippen LogP contribution is 2.55. The van der Waals surface area contributed by atoms with Gasteiger partial charge in [-0.3, -0.25) is 14.9 Å². The standard InChI is InChI=1S/C21H24ClFN2O4/c22-16-2-1-3-17(23)15(16)7-19(27)29-11-18(26)24-20(28)25-21-8-12-4-13(9-21)6-14(5-12)10-21/h1-3,12-14H,4-11H2,(H2,24,25,26,28). The molecule has 156 valence electrons. The highest BCUT2D eigenvalue weighted by molar-refractivity contribution is 6.31. The Hall–Kier alpha value is -2.15. The minimum Gasteiger partial charge on any atom is -0.455 e. The summed E-state index contributed by atoms with van der Waals surface area (Å²) in [6.07, 6.45) is 6.28. The molecule has 0 unspecified atom stereocenters. The van der Waals surface area contributed by atoms with Crippen LogP contribution in [0.3, 0.4) is 0 Å². The van der Waals surface area contributed by atoms with Crippen molar-refractivity contribution in [2.24, 2.45) is 17.8 Å². The Morgan fingerprint density at radius 3 is 2.31 bits per heavy atom. The maximum absolute atomic E-state index is 13.7. The smallest absolute Gasteiger partial charge is 0.321 e. The summed E-state index contributed by atoms with van der Waals surface area (Å²) >= 11 is 5.87. The minimum absolute atomic E-state index is 0.0131. The number of imide groups is 1. The number of hydrogen-bond acceptors (Lipinski definition) is 4. The lowest BCUT2D eigenvalue weighted by molar-refractivity contribution is -0.147. The van der Waals surface area contributed by atoms with Gasteiger partial charge in [-0.15, -0.1) is 0 Å². The molecule has 0 aliphatic heterocycles. The van der Waals surface area contributed by atoms with E-state index in [0.29, 0.717) is 17.8 Å². The summed E-state index contributed by atoms with van der Waals surface area (Å²) in [6.45, 7) is -0.612.